The molecule has 0 fully saturated rings. The van der Waals surface area contributed by atoms with Crippen LogP contribution in [0.15, 0.2) is 35.4 Å². The molecule has 0 aromatic heterocycles. The summed E-state index contributed by atoms with van der Waals surface area (Å²) in [5, 5.41) is 17.4. The van der Waals surface area contributed by atoms with Crippen molar-refractivity contribution in [2.45, 2.75) is 13.3 Å². The molecular formula is C13H12N2O. The Balaban J connectivity index is 2.86. The predicted molar refractivity (Wildman–Crippen MR) is 60.6 cm³/mol. The Labute approximate surface area is 95.2 Å². The van der Waals surface area contributed by atoms with Crippen LogP contribution in [-0.2, 0) is 6.42 Å². The Kier molecular flexibility index (Phi) is 4.12. The summed E-state index contributed by atoms with van der Waals surface area (Å²) in [7, 11) is 1.61. The first kappa shape index (κ1) is 11.8. The van der Waals surface area contributed by atoms with E-state index in [1.807, 2.05) is 36.4 Å². The molecule has 0 atom stereocenters. The van der Waals surface area contributed by atoms with Crippen LogP contribution in [0.3, 0.4) is 0 Å². The van der Waals surface area contributed by atoms with Crippen molar-refractivity contribution in [3.8, 4) is 17.9 Å². The zero-order valence-electron chi connectivity index (χ0n) is 9.32. The van der Waals surface area contributed by atoms with E-state index < -0.39 is 0 Å². The Bertz CT molecular complexity index is 456. The predicted octanol–water partition coefficient (Wildman–Crippen LogP) is 2.60. The lowest BCUT2D eigenvalue weighted by Gasteiger charge is -2.03. The standard InChI is InChI=1S/C13H12N2O/c1-10(12(8-14)9-15)7-11-3-5-13(16-2)6-4-11/h3-6H,7H2,1-2H3. The van der Waals surface area contributed by atoms with Gasteiger partial charge in [-0.15, -0.1) is 0 Å². The van der Waals surface area contributed by atoms with Gasteiger partial charge in [-0.3, -0.25) is 0 Å². The minimum atomic E-state index is 0.191. The van der Waals surface area contributed by atoms with Gasteiger partial charge in [0.1, 0.15) is 23.5 Å². The molecule has 3 heteroatoms. The summed E-state index contributed by atoms with van der Waals surface area (Å²) in [6.45, 7) is 1.80. The van der Waals surface area contributed by atoms with Crippen molar-refractivity contribution in [2.24, 2.45) is 0 Å². The van der Waals surface area contributed by atoms with Gasteiger partial charge >= 0.3 is 0 Å². The van der Waals surface area contributed by atoms with E-state index in [9.17, 15) is 0 Å². The molecule has 1 rings (SSSR count). The Morgan fingerprint density at radius 3 is 2.19 bits per heavy atom. The lowest BCUT2D eigenvalue weighted by Crippen LogP contribution is -1.91. The fourth-order valence-electron chi connectivity index (χ4n) is 1.35. The van der Waals surface area contributed by atoms with Crippen molar-refractivity contribution >= 4 is 0 Å². The van der Waals surface area contributed by atoms with Gasteiger partial charge in [-0.1, -0.05) is 12.1 Å². The summed E-state index contributed by atoms with van der Waals surface area (Å²) in [5.41, 5.74) is 2.03. The second kappa shape index (κ2) is 5.58. The molecule has 0 saturated carbocycles. The van der Waals surface area contributed by atoms with Gasteiger partial charge in [0.2, 0.25) is 0 Å². The van der Waals surface area contributed by atoms with Crippen LogP contribution in [0.5, 0.6) is 5.75 Å². The SMILES string of the molecule is COc1ccc(CC(C)=C(C#N)C#N)cc1. The summed E-state index contributed by atoms with van der Waals surface area (Å²) in [4.78, 5) is 0. The van der Waals surface area contributed by atoms with Crippen LogP contribution in [0, 0.1) is 22.7 Å². The van der Waals surface area contributed by atoms with E-state index in [0.717, 1.165) is 16.9 Å². The fourth-order valence-corrected chi connectivity index (χ4v) is 1.35. The van der Waals surface area contributed by atoms with Crippen LogP contribution in [0.25, 0.3) is 0 Å². The van der Waals surface area contributed by atoms with Gasteiger partial charge in [-0.25, -0.2) is 0 Å². The van der Waals surface area contributed by atoms with E-state index in [1.54, 1.807) is 14.0 Å². The normalized spacial score (nSPS) is 8.75. The lowest BCUT2D eigenvalue weighted by molar-refractivity contribution is 0.414. The molecule has 0 heterocycles. The molecule has 0 radical (unpaired) electrons. The van der Waals surface area contributed by atoms with Gasteiger partial charge < -0.3 is 4.74 Å². The molecule has 16 heavy (non-hydrogen) atoms. The van der Waals surface area contributed by atoms with Crippen molar-refractivity contribution < 1.29 is 4.74 Å². The number of benzene rings is 1. The molecule has 0 unspecified atom stereocenters. The highest BCUT2D eigenvalue weighted by Gasteiger charge is 2.02. The molecule has 0 N–H and O–H groups in total. The largest absolute Gasteiger partial charge is 0.497 e. The highest BCUT2D eigenvalue weighted by molar-refractivity contribution is 5.41. The number of nitriles is 2. The van der Waals surface area contributed by atoms with Gasteiger partial charge in [-0.2, -0.15) is 10.5 Å². The molecular weight excluding hydrogens is 200 g/mol. The fraction of sp³-hybridized carbons (Fsp3) is 0.231. The van der Waals surface area contributed by atoms with Crippen LogP contribution in [0.2, 0.25) is 0 Å². The van der Waals surface area contributed by atoms with Gasteiger partial charge in [0, 0.05) is 0 Å². The summed E-state index contributed by atoms with van der Waals surface area (Å²) >= 11 is 0. The highest BCUT2D eigenvalue weighted by Crippen LogP contribution is 2.15. The van der Waals surface area contributed by atoms with E-state index in [4.69, 9.17) is 15.3 Å². The number of ether oxygens (including phenoxy) is 1. The van der Waals surface area contributed by atoms with E-state index in [1.165, 1.54) is 0 Å². The van der Waals surface area contributed by atoms with Gasteiger partial charge in [0.25, 0.3) is 0 Å². The number of rotatable bonds is 3. The maximum absolute atomic E-state index is 8.71. The van der Waals surface area contributed by atoms with Gasteiger partial charge in [0.15, 0.2) is 0 Å². The minimum Gasteiger partial charge on any atom is -0.497 e. The molecule has 0 aliphatic carbocycles. The Hall–Kier alpha value is -2.26. The molecule has 0 amide bonds. The lowest BCUT2D eigenvalue weighted by atomic mass is 10.0. The molecule has 1 aromatic rings. The third-order valence-electron chi connectivity index (χ3n) is 2.28. The maximum Gasteiger partial charge on any atom is 0.128 e. The van der Waals surface area contributed by atoms with Crippen molar-refractivity contribution in [3.63, 3.8) is 0 Å². The Morgan fingerprint density at radius 1 is 1.19 bits per heavy atom. The molecule has 0 spiro atoms. The van der Waals surface area contributed by atoms with Crippen LogP contribution in [0.1, 0.15) is 12.5 Å². The summed E-state index contributed by atoms with van der Waals surface area (Å²) in [6, 6.07) is 11.4. The summed E-state index contributed by atoms with van der Waals surface area (Å²) < 4.78 is 5.05. The first-order chi connectivity index (χ1) is 7.71. The van der Waals surface area contributed by atoms with Crippen molar-refractivity contribution in [1.29, 1.82) is 10.5 Å². The molecule has 1 aromatic carbocycles. The number of hydrogen-bond donors (Lipinski definition) is 0. The number of nitrogens with zero attached hydrogens (tertiary/aromatic N) is 2. The van der Waals surface area contributed by atoms with Crippen molar-refractivity contribution in [3.05, 3.63) is 41.0 Å². The first-order valence-corrected chi connectivity index (χ1v) is 4.84. The summed E-state index contributed by atoms with van der Waals surface area (Å²) in [5.74, 6) is 0.797. The number of hydrogen-bond acceptors (Lipinski definition) is 3. The third kappa shape index (κ3) is 2.87. The molecule has 80 valence electrons. The smallest absolute Gasteiger partial charge is 0.128 e. The average Bonchev–Trinajstić information content (AvgIpc) is 2.31. The monoisotopic (exact) mass is 212 g/mol. The maximum atomic E-state index is 8.71. The van der Waals surface area contributed by atoms with E-state index in [0.29, 0.717) is 6.42 Å². The van der Waals surface area contributed by atoms with Crippen LogP contribution >= 0.6 is 0 Å². The van der Waals surface area contributed by atoms with E-state index in [-0.39, 0.29) is 5.57 Å². The number of allylic oxidation sites excluding steroid dienone is 2. The zero-order valence-corrected chi connectivity index (χ0v) is 9.32. The topological polar surface area (TPSA) is 56.8 Å². The van der Waals surface area contributed by atoms with E-state index in [2.05, 4.69) is 0 Å². The molecule has 0 saturated heterocycles. The van der Waals surface area contributed by atoms with Crippen LogP contribution in [-0.4, -0.2) is 7.11 Å². The minimum absolute atomic E-state index is 0.191. The molecule has 0 aliphatic rings. The average molecular weight is 212 g/mol. The van der Waals surface area contributed by atoms with Gasteiger partial charge in [-0.05, 0) is 36.6 Å². The van der Waals surface area contributed by atoms with Crippen molar-refractivity contribution in [1.82, 2.24) is 0 Å². The number of methoxy groups -OCH3 is 1. The molecule has 0 aliphatic heterocycles. The second-order valence-electron chi connectivity index (χ2n) is 3.40. The molecule has 3 nitrogen and oxygen atoms in total. The van der Waals surface area contributed by atoms with E-state index >= 15 is 0 Å². The van der Waals surface area contributed by atoms with Crippen LogP contribution < -0.4 is 4.74 Å². The third-order valence-corrected chi connectivity index (χ3v) is 2.28. The summed E-state index contributed by atoms with van der Waals surface area (Å²) in [6.07, 6.45) is 0.612. The van der Waals surface area contributed by atoms with Crippen LogP contribution in [0.4, 0.5) is 0 Å². The van der Waals surface area contributed by atoms with Crippen molar-refractivity contribution in [2.75, 3.05) is 7.11 Å². The zero-order chi connectivity index (χ0) is 12.0. The quantitative estimate of drug-likeness (QED) is 0.723. The highest BCUT2D eigenvalue weighted by atomic mass is 16.5. The first-order valence-electron chi connectivity index (χ1n) is 4.84. The van der Waals surface area contributed by atoms with Gasteiger partial charge in [0.05, 0.1) is 7.11 Å². The Morgan fingerprint density at radius 2 is 1.75 bits per heavy atom. The second-order valence-corrected chi connectivity index (χ2v) is 3.40. The molecule has 0 bridgehead atoms.